The van der Waals surface area contributed by atoms with Crippen LogP contribution in [0.15, 0.2) is 72.8 Å². The molecule has 0 saturated carbocycles. The van der Waals surface area contributed by atoms with Crippen LogP contribution in [0.3, 0.4) is 0 Å². The van der Waals surface area contributed by atoms with E-state index in [1.54, 1.807) is 18.2 Å². The summed E-state index contributed by atoms with van der Waals surface area (Å²) in [6, 6.07) is 18.9. The van der Waals surface area contributed by atoms with Crippen LogP contribution in [-0.2, 0) is 15.0 Å². The van der Waals surface area contributed by atoms with Gasteiger partial charge in [-0.15, -0.1) is 0 Å². The Labute approximate surface area is 240 Å². The van der Waals surface area contributed by atoms with Crippen LogP contribution >= 0.6 is 0 Å². The number of carbonyl (C=O) groups is 3. The highest BCUT2D eigenvalue weighted by Gasteiger charge is 2.71. The summed E-state index contributed by atoms with van der Waals surface area (Å²) in [5.41, 5.74) is 2.28. The molecule has 0 bridgehead atoms. The number of nitrogens with one attached hydrogen (secondary N) is 1. The number of carbonyl (C=O) groups excluding carboxylic acids is 3. The largest absolute Gasteiger partial charge is 0.497 e. The summed E-state index contributed by atoms with van der Waals surface area (Å²) >= 11 is 0. The van der Waals surface area contributed by atoms with Gasteiger partial charge in [-0.3, -0.25) is 14.4 Å². The van der Waals surface area contributed by atoms with E-state index < -0.39 is 28.8 Å². The average Bonchev–Trinajstić information content (AvgIpc) is 3.43. The number of rotatable bonds is 5. The SMILES string of the molecule is COc1ccc(OC)c(C(=O)[C@@H]2[C@H](C(=O)C(C)(C)C)N3c4ccccc4C(C)=C[C@H]3[C@@]23C(=O)Nc2ccccc23)c1. The van der Waals surface area contributed by atoms with Crippen molar-refractivity contribution < 1.29 is 23.9 Å². The molecule has 4 atom stereocenters. The minimum absolute atomic E-state index is 0.112. The summed E-state index contributed by atoms with van der Waals surface area (Å²) < 4.78 is 11.1. The van der Waals surface area contributed by atoms with Crippen molar-refractivity contribution in [3.63, 3.8) is 0 Å². The van der Waals surface area contributed by atoms with Gasteiger partial charge in [-0.1, -0.05) is 63.2 Å². The molecule has 1 N–H and O–H groups in total. The quantitative estimate of drug-likeness (QED) is 0.412. The number of para-hydroxylation sites is 2. The van der Waals surface area contributed by atoms with Gasteiger partial charge in [0.05, 0.1) is 31.7 Å². The second-order valence-electron chi connectivity index (χ2n) is 12.1. The van der Waals surface area contributed by atoms with Gasteiger partial charge in [-0.25, -0.2) is 0 Å². The first kappa shape index (κ1) is 26.8. The third kappa shape index (κ3) is 3.68. The molecule has 1 saturated heterocycles. The number of amides is 1. The molecule has 3 heterocycles. The topological polar surface area (TPSA) is 84.9 Å². The molecule has 7 nitrogen and oxygen atoms in total. The van der Waals surface area contributed by atoms with E-state index in [0.717, 1.165) is 16.8 Å². The predicted octanol–water partition coefficient (Wildman–Crippen LogP) is 5.68. The zero-order valence-electron chi connectivity index (χ0n) is 24.1. The van der Waals surface area contributed by atoms with Crippen LogP contribution in [0.2, 0.25) is 0 Å². The van der Waals surface area contributed by atoms with Gasteiger partial charge in [0, 0.05) is 22.4 Å². The zero-order valence-corrected chi connectivity index (χ0v) is 24.1. The first-order valence-corrected chi connectivity index (χ1v) is 13.8. The molecule has 0 radical (unpaired) electrons. The number of benzene rings is 3. The van der Waals surface area contributed by atoms with E-state index in [0.29, 0.717) is 22.7 Å². The van der Waals surface area contributed by atoms with Gasteiger partial charge in [-0.2, -0.15) is 0 Å². The molecule has 1 amide bonds. The van der Waals surface area contributed by atoms with Crippen molar-refractivity contribution in [3.8, 4) is 11.5 Å². The molecule has 3 aliphatic heterocycles. The third-order valence-corrected chi connectivity index (χ3v) is 8.85. The first-order valence-electron chi connectivity index (χ1n) is 13.8. The standard InChI is InChI=1S/C34H34N2O5/c1-19-17-27-34(23-12-8-9-13-24(23)35-32(34)39)28(30(37)22-18-20(40-5)15-16-26(22)41-6)29(31(38)33(2,3)4)36(27)25-14-10-7-11-21(19)25/h7-18,27-29H,1-6H3,(H,35,39)/t27-,28-,29+,34+/m0/s1. The molecule has 7 heteroatoms. The van der Waals surface area contributed by atoms with Crippen molar-refractivity contribution in [1.82, 2.24) is 0 Å². The van der Waals surface area contributed by atoms with E-state index >= 15 is 4.79 Å². The molecule has 0 aliphatic carbocycles. The second kappa shape index (κ2) is 9.33. The highest BCUT2D eigenvalue weighted by molar-refractivity contribution is 6.17. The Morgan fingerprint density at radius 2 is 1.66 bits per heavy atom. The number of allylic oxidation sites excluding steroid dienone is 1. The molecule has 210 valence electrons. The maximum atomic E-state index is 15.1. The Balaban J connectivity index is 1.72. The van der Waals surface area contributed by atoms with Crippen LogP contribution in [0.4, 0.5) is 11.4 Å². The Morgan fingerprint density at radius 1 is 0.951 bits per heavy atom. The average molecular weight is 551 g/mol. The molecular formula is C34H34N2O5. The van der Waals surface area contributed by atoms with Gasteiger partial charge in [0.1, 0.15) is 23.0 Å². The van der Waals surface area contributed by atoms with Crippen molar-refractivity contribution in [1.29, 1.82) is 0 Å². The Kier molecular flexibility index (Phi) is 6.10. The van der Waals surface area contributed by atoms with E-state index in [4.69, 9.17) is 9.47 Å². The first-order chi connectivity index (χ1) is 19.5. The van der Waals surface area contributed by atoms with Crippen molar-refractivity contribution in [3.05, 3.63) is 89.5 Å². The summed E-state index contributed by atoms with van der Waals surface area (Å²) in [5, 5.41) is 3.07. The lowest BCUT2D eigenvalue weighted by Gasteiger charge is -2.39. The van der Waals surface area contributed by atoms with Crippen molar-refractivity contribution >= 4 is 34.4 Å². The number of fused-ring (bicyclic) bond motifs is 6. The van der Waals surface area contributed by atoms with Crippen LogP contribution in [0.1, 0.15) is 49.2 Å². The van der Waals surface area contributed by atoms with Gasteiger partial charge in [0.25, 0.3) is 0 Å². The molecule has 6 rings (SSSR count). The van der Waals surface area contributed by atoms with Gasteiger partial charge in [0.15, 0.2) is 11.6 Å². The second-order valence-corrected chi connectivity index (χ2v) is 12.1. The number of ketones is 2. The molecule has 0 unspecified atom stereocenters. The fourth-order valence-electron chi connectivity index (χ4n) is 7.01. The normalized spacial score (nSPS) is 24.2. The molecule has 0 aromatic heterocycles. The number of hydrogen-bond donors (Lipinski definition) is 1. The van der Waals surface area contributed by atoms with Crippen molar-refractivity contribution in [2.24, 2.45) is 11.3 Å². The van der Waals surface area contributed by atoms with Crippen molar-refractivity contribution in [2.45, 2.75) is 45.2 Å². The lowest BCUT2D eigenvalue weighted by Crippen LogP contribution is -2.51. The minimum atomic E-state index is -1.37. The Hall–Kier alpha value is -4.39. The van der Waals surface area contributed by atoms with Crippen LogP contribution in [0, 0.1) is 11.3 Å². The van der Waals surface area contributed by atoms with Crippen LogP contribution in [0.5, 0.6) is 11.5 Å². The van der Waals surface area contributed by atoms with Gasteiger partial charge < -0.3 is 19.7 Å². The lowest BCUT2D eigenvalue weighted by molar-refractivity contribution is -0.128. The fourth-order valence-corrected chi connectivity index (χ4v) is 7.01. The Morgan fingerprint density at radius 3 is 2.37 bits per heavy atom. The van der Waals surface area contributed by atoms with E-state index in [1.165, 1.54) is 14.2 Å². The summed E-state index contributed by atoms with van der Waals surface area (Å²) in [7, 11) is 3.04. The van der Waals surface area contributed by atoms with E-state index in [9.17, 15) is 9.59 Å². The summed E-state index contributed by atoms with van der Waals surface area (Å²) in [4.78, 5) is 46.2. The van der Waals surface area contributed by atoms with Crippen molar-refractivity contribution in [2.75, 3.05) is 24.4 Å². The number of hydrogen-bond acceptors (Lipinski definition) is 6. The van der Waals surface area contributed by atoms with Gasteiger partial charge >= 0.3 is 0 Å². The van der Waals surface area contributed by atoms with E-state index in [1.807, 2.05) is 81.1 Å². The van der Waals surface area contributed by atoms with Gasteiger partial charge in [-0.05, 0) is 48.4 Å². The smallest absolute Gasteiger partial charge is 0.238 e. The maximum absolute atomic E-state index is 15.1. The third-order valence-electron chi connectivity index (χ3n) is 8.85. The molecule has 1 spiro atoms. The Bertz CT molecular complexity index is 1630. The molecular weight excluding hydrogens is 516 g/mol. The molecule has 3 aliphatic rings. The molecule has 3 aromatic rings. The molecule has 41 heavy (non-hydrogen) atoms. The number of methoxy groups -OCH3 is 2. The highest BCUT2D eigenvalue weighted by Crippen LogP contribution is 2.59. The highest BCUT2D eigenvalue weighted by atomic mass is 16.5. The van der Waals surface area contributed by atoms with E-state index in [2.05, 4.69) is 11.4 Å². The number of Topliss-reactive ketones (excluding diaryl/α,β-unsaturated/α-hetero) is 2. The summed E-state index contributed by atoms with van der Waals surface area (Å²) in [6.45, 7) is 7.61. The fraction of sp³-hybridized carbons (Fsp3) is 0.324. The van der Waals surface area contributed by atoms with Crippen LogP contribution in [0.25, 0.3) is 5.57 Å². The number of ether oxygens (including phenoxy) is 2. The molecule has 1 fully saturated rings. The molecule has 3 aromatic carbocycles. The summed E-state index contributed by atoms with van der Waals surface area (Å²) in [5.74, 6) is -0.958. The minimum Gasteiger partial charge on any atom is -0.497 e. The monoisotopic (exact) mass is 550 g/mol. The van der Waals surface area contributed by atoms with E-state index in [-0.39, 0.29) is 23.0 Å². The predicted molar refractivity (Wildman–Crippen MR) is 159 cm³/mol. The number of nitrogens with zero attached hydrogens (tertiary/aromatic N) is 1. The number of anilines is 2. The van der Waals surface area contributed by atoms with Crippen LogP contribution < -0.4 is 19.7 Å². The van der Waals surface area contributed by atoms with Gasteiger partial charge in [0.2, 0.25) is 5.91 Å². The summed E-state index contributed by atoms with van der Waals surface area (Å²) in [6.07, 6.45) is 2.06. The lowest BCUT2D eigenvalue weighted by atomic mass is 9.63. The maximum Gasteiger partial charge on any atom is 0.238 e. The van der Waals surface area contributed by atoms with Crippen LogP contribution in [-0.4, -0.2) is 43.8 Å². The zero-order chi connectivity index (χ0) is 29.3.